The van der Waals surface area contributed by atoms with Crippen molar-refractivity contribution in [2.24, 2.45) is 5.92 Å². The molecule has 0 spiro atoms. The second-order valence-corrected chi connectivity index (χ2v) is 6.77. The molecule has 118 valence electrons. The number of likely N-dealkylation sites (N-methyl/N-ethyl adjacent to an activating group) is 2. The molecule has 1 fully saturated rings. The number of likely N-dealkylation sites (tertiary alicyclic amines) is 1. The average molecular weight is 289 g/mol. The Morgan fingerprint density at radius 3 is 2.52 bits per heavy atom. The molecule has 0 saturated carbocycles. The van der Waals surface area contributed by atoms with Crippen molar-refractivity contribution < 1.29 is 0 Å². The van der Waals surface area contributed by atoms with E-state index < -0.39 is 0 Å². The topological polar surface area (TPSA) is 18.5 Å². The summed E-state index contributed by atoms with van der Waals surface area (Å²) in [6.45, 7) is 8.16. The van der Waals surface area contributed by atoms with E-state index >= 15 is 0 Å². The maximum Gasteiger partial charge on any atom is 0.0472 e. The molecule has 0 radical (unpaired) electrons. The molecule has 0 aliphatic carbocycles. The summed E-state index contributed by atoms with van der Waals surface area (Å²) in [4.78, 5) is 4.96. The van der Waals surface area contributed by atoms with Gasteiger partial charge in [-0.3, -0.25) is 0 Å². The van der Waals surface area contributed by atoms with Gasteiger partial charge >= 0.3 is 0 Å². The SMILES string of the molecule is CNC(c1ccc(C)cc1)C(C)N(C)CC1CCN(C)C1. The van der Waals surface area contributed by atoms with Crippen LogP contribution in [0.25, 0.3) is 0 Å². The second-order valence-electron chi connectivity index (χ2n) is 6.77. The first kappa shape index (κ1) is 16.5. The van der Waals surface area contributed by atoms with Crippen LogP contribution in [0.3, 0.4) is 0 Å². The van der Waals surface area contributed by atoms with Gasteiger partial charge in [0.05, 0.1) is 0 Å². The van der Waals surface area contributed by atoms with E-state index in [4.69, 9.17) is 0 Å². The molecular formula is C18H31N3. The van der Waals surface area contributed by atoms with Crippen LogP contribution in [0, 0.1) is 12.8 Å². The van der Waals surface area contributed by atoms with Crippen LogP contribution in [-0.2, 0) is 0 Å². The van der Waals surface area contributed by atoms with E-state index in [0.717, 1.165) is 5.92 Å². The number of benzene rings is 1. The Bertz CT molecular complexity index is 429. The van der Waals surface area contributed by atoms with Gasteiger partial charge in [0.2, 0.25) is 0 Å². The predicted octanol–water partition coefficient (Wildman–Crippen LogP) is 2.53. The normalized spacial score (nSPS) is 22.7. The van der Waals surface area contributed by atoms with Gasteiger partial charge in [-0.15, -0.1) is 0 Å². The molecule has 1 aliphatic rings. The van der Waals surface area contributed by atoms with E-state index in [1.54, 1.807) is 0 Å². The third-order valence-electron chi connectivity index (χ3n) is 4.96. The van der Waals surface area contributed by atoms with Gasteiger partial charge in [-0.25, -0.2) is 0 Å². The Labute approximate surface area is 130 Å². The molecule has 1 aliphatic heterocycles. The zero-order valence-electron chi connectivity index (χ0n) is 14.3. The van der Waals surface area contributed by atoms with Gasteiger partial charge in [0.1, 0.15) is 0 Å². The first-order valence-electron chi connectivity index (χ1n) is 8.14. The fourth-order valence-electron chi connectivity index (χ4n) is 3.46. The minimum atomic E-state index is 0.384. The quantitative estimate of drug-likeness (QED) is 0.868. The Kier molecular flexibility index (Phi) is 5.80. The lowest BCUT2D eigenvalue weighted by molar-refractivity contribution is 0.183. The van der Waals surface area contributed by atoms with Crippen LogP contribution in [0.4, 0.5) is 0 Å². The second kappa shape index (κ2) is 7.39. The maximum atomic E-state index is 3.50. The highest BCUT2D eigenvalue weighted by atomic mass is 15.2. The first-order chi connectivity index (χ1) is 10.0. The summed E-state index contributed by atoms with van der Waals surface area (Å²) in [5.74, 6) is 0.818. The monoisotopic (exact) mass is 289 g/mol. The Balaban J connectivity index is 1.98. The van der Waals surface area contributed by atoms with Crippen LogP contribution < -0.4 is 5.32 Å². The van der Waals surface area contributed by atoms with E-state index in [9.17, 15) is 0 Å². The third-order valence-corrected chi connectivity index (χ3v) is 4.96. The summed E-state index contributed by atoms with van der Waals surface area (Å²) >= 11 is 0. The third kappa shape index (κ3) is 4.29. The molecule has 2 rings (SSSR count). The summed E-state index contributed by atoms with van der Waals surface area (Å²) in [5, 5.41) is 3.50. The van der Waals surface area contributed by atoms with Gasteiger partial charge in [-0.2, -0.15) is 0 Å². The van der Waals surface area contributed by atoms with Crippen molar-refractivity contribution in [3.63, 3.8) is 0 Å². The average Bonchev–Trinajstić information content (AvgIpc) is 2.86. The van der Waals surface area contributed by atoms with Crippen molar-refractivity contribution in [1.82, 2.24) is 15.1 Å². The van der Waals surface area contributed by atoms with Gasteiger partial charge in [0.15, 0.2) is 0 Å². The molecule has 0 amide bonds. The van der Waals surface area contributed by atoms with E-state index in [0.29, 0.717) is 12.1 Å². The van der Waals surface area contributed by atoms with Crippen LogP contribution in [0.1, 0.15) is 30.5 Å². The molecule has 3 unspecified atom stereocenters. The molecule has 1 heterocycles. The summed E-state index contributed by atoms with van der Waals surface area (Å²) in [6, 6.07) is 9.80. The summed E-state index contributed by atoms with van der Waals surface area (Å²) < 4.78 is 0. The Morgan fingerprint density at radius 2 is 2.00 bits per heavy atom. The standard InChI is InChI=1S/C18H31N3/c1-14-6-8-17(9-7-14)18(19-3)15(2)21(5)13-16-10-11-20(4)12-16/h6-9,15-16,18-19H,10-13H2,1-5H3. The van der Waals surface area contributed by atoms with Crippen LogP contribution in [-0.4, -0.2) is 56.6 Å². The summed E-state index contributed by atoms with van der Waals surface area (Å²) in [5.41, 5.74) is 2.70. The number of rotatable bonds is 6. The lowest BCUT2D eigenvalue weighted by atomic mass is 9.97. The van der Waals surface area contributed by atoms with E-state index in [2.05, 4.69) is 74.4 Å². The van der Waals surface area contributed by atoms with Crippen molar-refractivity contribution >= 4 is 0 Å². The number of nitrogens with zero attached hydrogens (tertiary/aromatic N) is 2. The molecule has 21 heavy (non-hydrogen) atoms. The largest absolute Gasteiger partial charge is 0.312 e. The van der Waals surface area contributed by atoms with E-state index in [1.165, 1.54) is 37.2 Å². The smallest absolute Gasteiger partial charge is 0.0472 e. The van der Waals surface area contributed by atoms with Crippen LogP contribution in [0.15, 0.2) is 24.3 Å². The van der Waals surface area contributed by atoms with Crippen molar-refractivity contribution in [1.29, 1.82) is 0 Å². The Morgan fingerprint density at radius 1 is 1.33 bits per heavy atom. The van der Waals surface area contributed by atoms with Crippen LogP contribution in [0.5, 0.6) is 0 Å². The number of hydrogen-bond acceptors (Lipinski definition) is 3. The summed E-state index contributed by atoms with van der Waals surface area (Å²) in [7, 11) is 6.56. The number of aryl methyl sites for hydroxylation is 1. The molecule has 1 saturated heterocycles. The van der Waals surface area contributed by atoms with Crippen molar-refractivity contribution in [2.45, 2.75) is 32.4 Å². The van der Waals surface area contributed by atoms with Crippen molar-refractivity contribution in [3.8, 4) is 0 Å². The minimum absolute atomic E-state index is 0.384. The van der Waals surface area contributed by atoms with E-state index in [-0.39, 0.29) is 0 Å². The van der Waals surface area contributed by atoms with Gasteiger partial charge < -0.3 is 15.1 Å². The van der Waals surface area contributed by atoms with Crippen molar-refractivity contribution in [2.75, 3.05) is 40.8 Å². The van der Waals surface area contributed by atoms with Crippen LogP contribution >= 0.6 is 0 Å². The summed E-state index contributed by atoms with van der Waals surface area (Å²) in [6.07, 6.45) is 1.34. The zero-order chi connectivity index (χ0) is 15.4. The molecular weight excluding hydrogens is 258 g/mol. The highest BCUT2D eigenvalue weighted by molar-refractivity contribution is 5.25. The Hall–Kier alpha value is -0.900. The lowest BCUT2D eigenvalue weighted by Crippen LogP contribution is -2.42. The molecule has 1 aromatic rings. The fourth-order valence-corrected chi connectivity index (χ4v) is 3.46. The number of hydrogen-bond donors (Lipinski definition) is 1. The van der Waals surface area contributed by atoms with Gasteiger partial charge in [0, 0.05) is 25.2 Å². The molecule has 1 aromatic carbocycles. The van der Waals surface area contributed by atoms with Crippen LogP contribution in [0.2, 0.25) is 0 Å². The molecule has 3 nitrogen and oxygen atoms in total. The zero-order valence-corrected chi connectivity index (χ0v) is 14.3. The van der Waals surface area contributed by atoms with Gasteiger partial charge in [-0.1, -0.05) is 29.8 Å². The minimum Gasteiger partial charge on any atom is -0.312 e. The first-order valence-corrected chi connectivity index (χ1v) is 8.14. The molecule has 3 atom stereocenters. The lowest BCUT2D eigenvalue weighted by Gasteiger charge is -2.33. The van der Waals surface area contributed by atoms with Crippen molar-refractivity contribution in [3.05, 3.63) is 35.4 Å². The molecule has 3 heteroatoms. The molecule has 0 bridgehead atoms. The predicted molar refractivity (Wildman–Crippen MR) is 90.7 cm³/mol. The number of nitrogens with one attached hydrogen (secondary N) is 1. The fraction of sp³-hybridized carbons (Fsp3) is 0.667. The molecule has 1 N–H and O–H groups in total. The van der Waals surface area contributed by atoms with Gasteiger partial charge in [0.25, 0.3) is 0 Å². The molecule has 0 aromatic heterocycles. The highest BCUT2D eigenvalue weighted by Gasteiger charge is 2.26. The maximum absolute atomic E-state index is 3.50. The van der Waals surface area contributed by atoms with E-state index in [1.807, 2.05) is 0 Å². The van der Waals surface area contributed by atoms with Gasteiger partial charge in [-0.05, 0) is 59.4 Å². The highest BCUT2D eigenvalue weighted by Crippen LogP contribution is 2.23.